The minimum absolute atomic E-state index is 0.124. The van der Waals surface area contributed by atoms with Crippen LogP contribution in [-0.2, 0) is 4.79 Å². The molecule has 0 saturated carbocycles. The highest BCUT2D eigenvalue weighted by Crippen LogP contribution is 2.20. The zero-order valence-corrected chi connectivity index (χ0v) is 11.3. The third kappa shape index (κ3) is 2.65. The van der Waals surface area contributed by atoms with E-state index in [1.165, 1.54) is 0 Å². The molecule has 0 radical (unpaired) electrons. The first-order valence-corrected chi connectivity index (χ1v) is 6.75. The number of hydrogen-bond acceptors (Lipinski definition) is 3. The lowest BCUT2D eigenvalue weighted by atomic mass is 10.1. The van der Waals surface area contributed by atoms with Crippen molar-refractivity contribution in [1.82, 2.24) is 14.5 Å². The lowest BCUT2D eigenvalue weighted by molar-refractivity contribution is -0.141. The van der Waals surface area contributed by atoms with Gasteiger partial charge >= 0.3 is 5.97 Å². The number of nitrogens with zero attached hydrogens (tertiary/aromatic N) is 3. The minimum Gasteiger partial charge on any atom is -0.481 e. The summed E-state index contributed by atoms with van der Waals surface area (Å²) in [6, 6.07) is 7.24. The normalized spacial score (nSPS) is 17.9. The van der Waals surface area contributed by atoms with Crippen LogP contribution in [0.1, 0.15) is 16.8 Å². The molecular weight excluding hydrogens is 270 g/mol. The van der Waals surface area contributed by atoms with Crippen molar-refractivity contribution in [2.24, 2.45) is 5.92 Å². The molecule has 0 bridgehead atoms. The van der Waals surface area contributed by atoms with E-state index in [1.807, 2.05) is 16.7 Å². The predicted octanol–water partition coefficient (Wildman–Crippen LogP) is 1.42. The molecule has 0 aliphatic carbocycles. The highest BCUT2D eigenvalue weighted by atomic mass is 16.4. The van der Waals surface area contributed by atoms with Gasteiger partial charge in [0, 0.05) is 36.7 Å². The third-order valence-corrected chi connectivity index (χ3v) is 3.72. The predicted molar refractivity (Wildman–Crippen MR) is 75.2 cm³/mol. The van der Waals surface area contributed by atoms with E-state index in [0.717, 1.165) is 5.69 Å². The maximum absolute atomic E-state index is 12.4. The quantitative estimate of drug-likeness (QED) is 0.925. The number of carboxylic acid groups (broad SMARTS) is 1. The molecule has 1 atom stereocenters. The van der Waals surface area contributed by atoms with Gasteiger partial charge in [0.2, 0.25) is 0 Å². The van der Waals surface area contributed by atoms with Crippen molar-refractivity contribution in [1.29, 1.82) is 0 Å². The molecule has 1 aliphatic rings. The van der Waals surface area contributed by atoms with Crippen molar-refractivity contribution in [3.05, 3.63) is 48.5 Å². The fourth-order valence-electron chi connectivity index (χ4n) is 2.54. The number of aliphatic carboxylic acids is 1. The average molecular weight is 285 g/mol. The van der Waals surface area contributed by atoms with Gasteiger partial charge in [-0.25, -0.2) is 4.98 Å². The van der Waals surface area contributed by atoms with Crippen molar-refractivity contribution in [2.75, 3.05) is 13.1 Å². The number of amides is 1. The number of carbonyl (C=O) groups is 2. The first kappa shape index (κ1) is 13.4. The van der Waals surface area contributed by atoms with Crippen LogP contribution in [0.25, 0.3) is 5.69 Å². The topological polar surface area (TPSA) is 75.4 Å². The lowest BCUT2D eigenvalue weighted by Crippen LogP contribution is -2.30. The fourth-order valence-corrected chi connectivity index (χ4v) is 2.54. The first-order chi connectivity index (χ1) is 10.1. The summed E-state index contributed by atoms with van der Waals surface area (Å²) in [5.41, 5.74) is 1.42. The van der Waals surface area contributed by atoms with Gasteiger partial charge in [0.05, 0.1) is 12.2 Å². The van der Waals surface area contributed by atoms with Crippen molar-refractivity contribution in [3.63, 3.8) is 0 Å². The Kier molecular flexibility index (Phi) is 3.43. The summed E-state index contributed by atoms with van der Waals surface area (Å²) in [7, 11) is 0. The largest absolute Gasteiger partial charge is 0.481 e. The third-order valence-electron chi connectivity index (χ3n) is 3.72. The molecule has 0 unspecified atom stereocenters. The molecule has 108 valence electrons. The molecule has 2 aromatic rings. The molecular formula is C15H15N3O3. The van der Waals surface area contributed by atoms with E-state index in [4.69, 9.17) is 5.11 Å². The van der Waals surface area contributed by atoms with Crippen LogP contribution >= 0.6 is 0 Å². The molecule has 0 spiro atoms. The zero-order chi connectivity index (χ0) is 14.8. The molecule has 6 heteroatoms. The summed E-state index contributed by atoms with van der Waals surface area (Å²) in [5, 5.41) is 9.00. The summed E-state index contributed by atoms with van der Waals surface area (Å²) >= 11 is 0. The maximum atomic E-state index is 12.4. The van der Waals surface area contributed by atoms with E-state index in [1.54, 1.807) is 35.8 Å². The van der Waals surface area contributed by atoms with Crippen LogP contribution < -0.4 is 0 Å². The van der Waals surface area contributed by atoms with Gasteiger partial charge in [-0.15, -0.1) is 0 Å². The van der Waals surface area contributed by atoms with Crippen LogP contribution in [0.5, 0.6) is 0 Å². The van der Waals surface area contributed by atoms with E-state index < -0.39 is 11.9 Å². The van der Waals surface area contributed by atoms with E-state index in [-0.39, 0.29) is 12.5 Å². The van der Waals surface area contributed by atoms with Crippen LogP contribution in [0.3, 0.4) is 0 Å². The number of aromatic nitrogens is 2. The van der Waals surface area contributed by atoms with Gasteiger partial charge in [0.25, 0.3) is 5.91 Å². The van der Waals surface area contributed by atoms with Gasteiger partial charge in [0.1, 0.15) is 0 Å². The van der Waals surface area contributed by atoms with Gasteiger partial charge in [-0.05, 0) is 24.6 Å². The highest BCUT2D eigenvalue weighted by Gasteiger charge is 2.31. The van der Waals surface area contributed by atoms with Crippen LogP contribution in [0, 0.1) is 5.92 Å². The van der Waals surface area contributed by atoms with E-state index in [2.05, 4.69) is 4.98 Å². The molecule has 1 N–H and O–H groups in total. The van der Waals surface area contributed by atoms with Crippen LogP contribution in [0.2, 0.25) is 0 Å². The highest BCUT2D eigenvalue weighted by molar-refractivity contribution is 5.95. The van der Waals surface area contributed by atoms with Crippen molar-refractivity contribution < 1.29 is 14.7 Å². The van der Waals surface area contributed by atoms with Crippen LogP contribution in [0.4, 0.5) is 0 Å². The second kappa shape index (κ2) is 5.40. The summed E-state index contributed by atoms with van der Waals surface area (Å²) < 4.78 is 1.82. The number of rotatable bonds is 3. The molecule has 3 rings (SSSR count). The van der Waals surface area contributed by atoms with Gasteiger partial charge in [0.15, 0.2) is 0 Å². The van der Waals surface area contributed by atoms with Crippen molar-refractivity contribution in [3.8, 4) is 5.69 Å². The Morgan fingerprint density at radius 3 is 2.86 bits per heavy atom. The smallest absolute Gasteiger partial charge is 0.308 e. The number of benzene rings is 1. The van der Waals surface area contributed by atoms with Gasteiger partial charge in [-0.1, -0.05) is 6.07 Å². The lowest BCUT2D eigenvalue weighted by Gasteiger charge is -2.16. The number of carbonyl (C=O) groups excluding carboxylic acids is 1. The second-order valence-corrected chi connectivity index (χ2v) is 5.10. The summed E-state index contributed by atoms with van der Waals surface area (Å²) in [5.74, 6) is -1.41. The summed E-state index contributed by atoms with van der Waals surface area (Å²) in [4.78, 5) is 29.0. The van der Waals surface area contributed by atoms with Crippen LogP contribution in [0.15, 0.2) is 43.0 Å². The number of likely N-dealkylation sites (tertiary alicyclic amines) is 1. The van der Waals surface area contributed by atoms with E-state index >= 15 is 0 Å². The zero-order valence-electron chi connectivity index (χ0n) is 11.3. The Morgan fingerprint density at radius 1 is 1.33 bits per heavy atom. The van der Waals surface area contributed by atoms with Crippen molar-refractivity contribution >= 4 is 11.9 Å². The second-order valence-electron chi connectivity index (χ2n) is 5.10. The van der Waals surface area contributed by atoms with Gasteiger partial charge in [-0.2, -0.15) is 0 Å². The minimum atomic E-state index is -0.836. The van der Waals surface area contributed by atoms with Gasteiger partial charge < -0.3 is 14.6 Å². The SMILES string of the molecule is O=C(O)[C@H]1CCN(C(=O)c2cccc(-n3ccnc3)c2)C1. The molecule has 1 aromatic heterocycles. The maximum Gasteiger partial charge on any atom is 0.308 e. The Labute approximate surface area is 121 Å². The standard InChI is InChI=1S/C15H15N3O3/c19-14(17-6-4-12(9-17)15(20)21)11-2-1-3-13(8-11)18-7-5-16-10-18/h1-3,5,7-8,10,12H,4,6,9H2,(H,20,21)/t12-/m0/s1. The number of hydrogen-bond donors (Lipinski definition) is 1. The Hall–Kier alpha value is -2.63. The molecule has 21 heavy (non-hydrogen) atoms. The Morgan fingerprint density at radius 2 is 2.19 bits per heavy atom. The molecule has 1 aliphatic heterocycles. The molecule has 2 heterocycles. The molecule has 6 nitrogen and oxygen atoms in total. The summed E-state index contributed by atoms with van der Waals surface area (Å²) in [6.45, 7) is 0.772. The van der Waals surface area contributed by atoms with E-state index in [0.29, 0.717) is 18.5 Å². The van der Waals surface area contributed by atoms with Crippen molar-refractivity contribution in [2.45, 2.75) is 6.42 Å². The fraction of sp³-hybridized carbons (Fsp3) is 0.267. The molecule has 1 fully saturated rings. The van der Waals surface area contributed by atoms with E-state index in [9.17, 15) is 9.59 Å². The first-order valence-electron chi connectivity index (χ1n) is 6.75. The monoisotopic (exact) mass is 285 g/mol. The molecule has 1 amide bonds. The average Bonchev–Trinajstić information content (AvgIpc) is 3.18. The van der Waals surface area contributed by atoms with Gasteiger partial charge in [-0.3, -0.25) is 9.59 Å². The number of carboxylic acids is 1. The molecule has 1 saturated heterocycles. The number of imidazole rings is 1. The van der Waals surface area contributed by atoms with Crippen LogP contribution in [-0.4, -0.2) is 44.5 Å². The Bertz CT molecular complexity index is 667. The molecule has 1 aromatic carbocycles. The summed E-state index contributed by atoms with van der Waals surface area (Å²) in [6.07, 6.45) is 5.66. The Balaban J connectivity index is 1.80.